The average Bonchev–Trinajstić information content (AvgIpc) is 2.67. The van der Waals surface area contributed by atoms with Gasteiger partial charge in [-0.25, -0.2) is 4.79 Å². The lowest BCUT2D eigenvalue weighted by Crippen LogP contribution is -2.43. The SMILES string of the molecule is CC(C)CC1CN(CCC2COCCN2)C(=O)N1. The van der Waals surface area contributed by atoms with Crippen molar-refractivity contribution in [2.45, 2.75) is 38.8 Å². The van der Waals surface area contributed by atoms with E-state index in [1.54, 1.807) is 0 Å². The zero-order valence-corrected chi connectivity index (χ0v) is 11.4. The van der Waals surface area contributed by atoms with E-state index in [0.29, 0.717) is 18.0 Å². The highest BCUT2D eigenvalue weighted by Crippen LogP contribution is 2.13. The van der Waals surface area contributed by atoms with E-state index in [4.69, 9.17) is 4.74 Å². The fourth-order valence-electron chi connectivity index (χ4n) is 2.67. The van der Waals surface area contributed by atoms with Crippen molar-refractivity contribution in [3.63, 3.8) is 0 Å². The molecule has 5 heteroatoms. The molecule has 2 fully saturated rings. The monoisotopic (exact) mass is 255 g/mol. The summed E-state index contributed by atoms with van der Waals surface area (Å²) in [6.07, 6.45) is 2.04. The van der Waals surface area contributed by atoms with Crippen LogP contribution in [0.1, 0.15) is 26.7 Å². The quantitative estimate of drug-likeness (QED) is 0.764. The first-order valence-corrected chi connectivity index (χ1v) is 7.01. The zero-order valence-electron chi connectivity index (χ0n) is 11.4. The van der Waals surface area contributed by atoms with Crippen LogP contribution in [0.3, 0.4) is 0 Å². The van der Waals surface area contributed by atoms with Gasteiger partial charge in [0, 0.05) is 31.7 Å². The standard InChI is InChI=1S/C13H25N3O2/c1-10(2)7-12-8-16(13(17)15-12)5-3-11-9-18-6-4-14-11/h10-12,14H,3-9H2,1-2H3,(H,15,17). The molecule has 0 radical (unpaired) electrons. The zero-order chi connectivity index (χ0) is 13.0. The Bertz CT molecular complexity index is 277. The number of urea groups is 1. The van der Waals surface area contributed by atoms with Gasteiger partial charge in [0.15, 0.2) is 0 Å². The molecular weight excluding hydrogens is 230 g/mol. The second-order valence-corrected chi connectivity index (χ2v) is 5.74. The fraction of sp³-hybridized carbons (Fsp3) is 0.923. The van der Waals surface area contributed by atoms with Gasteiger partial charge >= 0.3 is 6.03 Å². The van der Waals surface area contributed by atoms with Crippen molar-refractivity contribution in [3.05, 3.63) is 0 Å². The molecule has 2 atom stereocenters. The van der Waals surface area contributed by atoms with Gasteiger partial charge in [-0.1, -0.05) is 13.8 Å². The van der Waals surface area contributed by atoms with Gasteiger partial charge in [0.25, 0.3) is 0 Å². The molecule has 2 rings (SSSR count). The Morgan fingerprint density at radius 3 is 2.94 bits per heavy atom. The molecule has 0 aromatic rings. The maximum atomic E-state index is 11.8. The Morgan fingerprint density at radius 2 is 2.28 bits per heavy atom. The predicted octanol–water partition coefficient (Wildman–Crippen LogP) is 0.805. The first-order chi connectivity index (χ1) is 8.65. The molecule has 2 aliphatic rings. The molecule has 0 aliphatic carbocycles. The van der Waals surface area contributed by atoms with E-state index in [1.165, 1.54) is 0 Å². The lowest BCUT2D eigenvalue weighted by Gasteiger charge is -2.25. The smallest absolute Gasteiger partial charge is 0.317 e. The van der Waals surface area contributed by atoms with Crippen LogP contribution in [-0.2, 0) is 4.74 Å². The number of nitrogens with one attached hydrogen (secondary N) is 2. The summed E-state index contributed by atoms with van der Waals surface area (Å²) in [7, 11) is 0. The second kappa shape index (κ2) is 6.38. The Balaban J connectivity index is 1.71. The number of morpholine rings is 1. The molecule has 0 saturated carbocycles. The summed E-state index contributed by atoms with van der Waals surface area (Å²) in [6.45, 7) is 8.55. The highest BCUT2D eigenvalue weighted by molar-refractivity contribution is 5.76. The molecule has 2 amide bonds. The van der Waals surface area contributed by atoms with Crippen LogP contribution in [0.4, 0.5) is 4.79 Å². The van der Waals surface area contributed by atoms with Gasteiger partial charge in [-0.3, -0.25) is 0 Å². The highest BCUT2D eigenvalue weighted by atomic mass is 16.5. The molecule has 5 nitrogen and oxygen atoms in total. The minimum Gasteiger partial charge on any atom is -0.379 e. The summed E-state index contributed by atoms with van der Waals surface area (Å²) in [5.41, 5.74) is 0. The largest absolute Gasteiger partial charge is 0.379 e. The molecule has 2 unspecified atom stereocenters. The Hall–Kier alpha value is -0.810. The third kappa shape index (κ3) is 3.85. The number of hydrogen-bond donors (Lipinski definition) is 2. The van der Waals surface area contributed by atoms with E-state index in [1.807, 2.05) is 4.90 Å². The summed E-state index contributed by atoms with van der Waals surface area (Å²) in [4.78, 5) is 13.7. The van der Waals surface area contributed by atoms with Crippen LogP contribution in [0.2, 0.25) is 0 Å². The van der Waals surface area contributed by atoms with Crippen LogP contribution >= 0.6 is 0 Å². The van der Waals surface area contributed by atoms with Crippen molar-refractivity contribution in [1.82, 2.24) is 15.5 Å². The second-order valence-electron chi connectivity index (χ2n) is 5.74. The Morgan fingerprint density at radius 1 is 1.44 bits per heavy atom. The van der Waals surface area contributed by atoms with Gasteiger partial charge in [0.1, 0.15) is 0 Å². The van der Waals surface area contributed by atoms with E-state index < -0.39 is 0 Å². The van der Waals surface area contributed by atoms with Crippen molar-refractivity contribution in [3.8, 4) is 0 Å². The van der Waals surface area contributed by atoms with Crippen LogP contribution in [0, 0.1) is 5.92 Å². The molecule has 0 aromatic heterocycles. The van der Waals surface area contributed by atoms with Crippen LogP contribution in [0.15, 0.2) is 0 Å². The van der Waals surface area contributed by atoms with Crippen molar-refractivity contribution in [1.29, 1.82) is 0 Å². The van der Waals surface area contributed by atoms with Crippen molar-refractivity contribution in [2.75, 3.05) is 32.8 Å². The number of hydrogen-bond acceptors (Lipinski definition) is 3. The summed E-state index contributed by atoms with van der Waals surface area (Å²) < 4.78 is 5.42. The molecule has 18 heavy (non-hydrogen) atoms. The van der Waals surface area contributed by atoms with Crippen LogP contribution in [0.25, 0.3) is 0 Å². The molecule has 2 aliphatic heterocycles. The molecular formula is C13H25N3O2. The van der Waals surface area contributed by atoms with E-state index in [0.717, 1.165) is 45.7 Å². The van der Waals surface area contributed by atoms with E-state index in [9.17, 15) is 4.79 Å². The lowest BCUT2D eigenvalue weighted by molar-refractivity contribution is 0.0717. The Kier molecular flexibility index (Phi) is 4.83. The maximum Gasteiger partial charge on any atom is 0.317 e. The van der Waals surface area contributed by atoms with Crippen LogP contribution in [-0.4, -0.2) is 55.9 Å². The van der Waals surface area contributed by atoms with Gasteiger partial charge in [-0.05, 0) is 18.8 Å². The molecule has 0 bridgehead atoms. The number of carbonyl (C=O) groups excluding carboxylic acids is 1. The minimum absolute atomic E-state index is 0.0948. The molecule has 2 heterocycles. The third-order valence-electron chi connectivity index (χ3n) is 3.56. The van der Waals surface area contributed by atoms with E-state index in [2.05, 4.69) is 24.5 Å². The lowest BCUT2D eigenvalue weighted by atomic mass is 10.0. The fourth-order valence-corrected chi connectivity index (χ4v) is 2.67. The molecule has 0 spiro atoms. The maximum absolute atomic E-state index is 11.8. The molecule has 2 saturated heterocycles. The number of carbonyl (C=O) groups is 1. The van der Waals surface area contributed by atoms with Gasteiger partial charge in [0.2, 0.25) is 0 Å². The third-order valence-corrected chi connectivity index (χ3v) is 3.56. The van der Waals surface area contributed by atoms with Crippen molar-refractivity contribution >= 4 is 6.03 Å². The molecule has 2 N–H and O–H groups in total. The number of amides is 2. The van der Waals surface area contributed by atoms with Gasteiger partial charge in [0.05, 0.1) is 13.2 Å². The molecule has 104 valence electrons. The normalized spacial score (nSPS) is 28.8. The topological polar surface area (TPSA) is 53.6 Å². The number of ether oxygens (including phenoxy) is 1. The summed E-state index contributed by atoms with van der Waals surface area (Å²) >= 11 is 0. The summed E-state index contributed by atoms with van der Waals surface area (Å²) in [5.74, 6) is 0.628. The number of nitrogens with zero attached hydrogens (tertiary/aromatic N) is 1. The first-order valence-electron chi connectivity index (χ1n) is 7.01. The summed E-state index contributed by atoms with van der Waals surface area (Å²) in [6, 6.07) is 0.821. The highest BCUT2D eigenvalue weighted by Gasteiger charge is 2.29. The Labute approximate surface area is 109 Å². The van der Waals surface area contributed by atoms with Gasteiger partial charge < -0.3 is 20.3 Å². The predicted molar refractivity (Wildman–Crippen MR) is 70.6 cm³/mol. The molecule has 0 aromatic carbocycles. The first kappa shape index (κ1) is 13.6. The minimum atomic E-state index is 0.0948. The average molecular weight is 255 g/mol. The van der Waals surface area contributed by atoms with Crippen LogP contribution < -0.4 is 10.6 Å². The van der Waals surface area contributed by atoms with Crippen molar-refractivity contribution in [2.24, 2.45) is 5.92 Å². The van der Waals surface area contributed by atoms with Crippen LogP contribution in [0.5, 0.6) is 0 Å². The van der Waals surface area contributed by atoms with Gasteiger partial charge in [-0.2, -0.15) is 0 Å². The number of rotatable bonds is 5. The van der Waals surface area contributed by atoms with E-state index >= 15 is 0 Å². The summed E-state index contributed by atoms with van der Waals surface area (Å²) in [5, 5.41) is 6.48. The van der Waals surface area contributed by atoms with Crippen molar-refractivity contribution < 1.29 is 9.53 Å². The van der Waals surface area contributed by atoms with Gasteiger partial charge in [-0.15, -0.1) is 0 Å². The van der Waals surface area contributed by atoms with E-state index in [-0.39, 0.29) is 6.03 Å².